The van der Waals surface area contributed by atoms with Crippen LogP contribution in [0.3, 0.4) is 0 Å². The van der Waals surface area contributed by atoms with Crippen molar-refractivity contribution in [2.75, 3.05) is 65.7 Å². The minimum Gasteiger partial charge on any atom is -0.379 e. The molecule has 0 aromatic carbocycles. The molecule has 2 heterocycles. The van der Waals surface area contributed by atoms with Crippen LogP contribution in [0, 0.1) is 0 Å². The van der Waals surface area contributed by atoms with Crippen LogP contribution < -0.4 is 5.32 Å². The number of hydrogen-bond acceptors (Lipinski definition) is 4. The van der Waals surface area contributed by atoms with Crippen molar-refractivity contribution in [3.05, 3.63) is 0 Å². The van der Waals surface area contributed by atoms with E-state index >= 15 is 0 Å². The smallest absolute Gasteiger partial charge is 0.317 e. The minimum atomic E-state index is 0.0419. The van der Waals surface area contributed by atoms with Gasteiger partial charge in [-0.25, -0.2) is 4.79 Å². The fourth-order valence-corrected chi connectivity index (χ4v) is 2.20. The van der Waals surface area contributed by atoms with Crippen LogP contribution in [0.25, 0.3) is 0 Å². The molecule has 0 aromatic heterocycles. The van der Waals surface area contributed by atoms with Gasteiger partial charge in [-0.05, 0) is 13.0 Å². The van der Waals surface area contributed by atoms with Crippen molar-refractivity contribution in [1.82, 2.24) is 15.1 Å². The second kappa shape index (κ2) is 7.56. The predicted molar refractivity (Wildman–Crippen MR) is 67.7 cm³/mol. The minimum absolute atomic E-state index is 0.0419. The van der Waals surface area contributed by atoms with Gasteiger partial charge in [-0.15, -0.1) is 0 Å². The summed E-state index contributed by atoms with van der Waals surface area (Å²) in [7, 11) is 0. The Bertz CT molecular complexity index is 251. The van der Waals surface area contributed by atoms with Gasteiger partial charge in [0.15, 0.2) is 0 Å². The third-order valence-electron chi connectivity index (χ3n) is 3.33. The molecule has 18 heavy (non-hydrogen) atoms. The van der Waals surface area contributed by atoms with Crippen LogP contribution in [-0.2, 0) is 9.47 Å². The molecule has 2 rings (SSSR count). The van der Waals surface area contributed by atoms with Crippen molar-refractivity contribution in [2.45, 2.75) is 6.42 Å². The zero-order valence-corrected chi connectivity index (χ0v) is 10.9. The number of carbonyl (C=O) groups is 1. The normalized spacial score (nSPS) is 21.9. The Hall–Kier alpha value is -0.850. The van der Waals surface area contributed by atoms with E-state index in [0.717, 1.165) is 45.8 Å². The molecule has 0 radical (unpaired) electrons. The van der Waals surface area contributed by atoms with Crippen LogP contribution in [0.5, 0.6) is 0 Å². The molecule has 0 bridgehead atoms. The summed E-state index contributed by atoms with van der Waals surface area (Å²) in [6.07, 6.45) is 0.996. The first-order valence-corrected chi connectivity index (χ1v) is 6.77. The zero-order valence-electron chi connectivity index (χ0n) is 10.9. The third-order valence-corrected chi connectivity index (χ3v) is 3.33. The summed E-state index contributed by atoms with van der Waals surface area (Å²) < 4.78 is 10.5. The van der Waals surface area contributed by atoms with Crippen molar-refractivity contribution >= 4 is 6.03 Å². The largest absolute Gasteiger partial charge is 0.379 e. The molecule has 2 aliphatic rings. The van der Waals surface area contributed by atoms with Gasteiger partial charge in [0.25, 0.3) is 0 Å². The molecular weight excluding hydrogens is 234 g/mol. The predicted octanol–water partition coefficient (Wildman–Crippen LogP) is -0.249. The van der Waals surface area contributed by atoms with Gasteiger partial charge in [-0.2, -0.15) is 0 Å². The number of amides is 2. The zero-order chi connectivity index (χ0) is 12.6. The molecule has 1 N–H and O–H groups in total. The van der Waals surface area contributed by atoms with Gasteiger partial charge in [-0.1, -0.05) is 0 Å². The van der Waals surface area contributed by atoms with E-state index in [0.29, 0.717) is 26.3 Å². The summed E-state index contributed by atoms with van der Waals surface area (Å²) in [5.41, 5.74) is 0. The molecule has 0 atom stereocenters. The SMILES string of the molecule is O=C(NCCCN1CCOCC1)N1CCOCC1. The first-order valence-electron chi connectivity index (χ1n) is 6.77. The Morgan fingerprint density at radius 2 is 1.61 bits per heavy atom. The maximum atomic E-state index is 11.8. The Morgan fingerprint density at radius 1 is 1.00 bits per heavy atom. The van der Waals surface area contributed by atoms with Gasteiger partial charge in [0.1, 0.15) is 0 Å². The number of rotatable bonds is 4. The number of nitrogens with zero attached hydrogens (tertiary/aromatic N) is 2. The molecule has 0 unspecified atom stereocenters. The summed E-state index contributed by atoms with van der Waals surface area (Å²) >= 11 is 0. The second-order valence-corrected chi connectivity index (χ2v) is 4.64. The van der Waals surface area contributed by atoms with Gasteiger partial charge < -0.3 is 19.7 Å². The molecule has 2 amide bonds. The lowest BCUT2D eigenvalue weighted by atomic mass is 10.3. The highest BCUT2D eigenvalue weighted by Gasteiger charge is 2.16. The second-order valence-electron chi connectivity index (χ2n) is 4.64. The lowest BCUT2D eigenvalue weighted by molar-refractivity contribution is 0.0372. The van der Waals surface area contributed by atoms with Gasteiger partial charge >= 0.3 is 6.03 Å². The van der Waals surface area contributed by atoms with Crippen LogP contribution in [-0.4, -0.2) is 81.5 Å². The van der Waals surface area contributed by atoms with Gasteiger partial charge in [-0.3, -0.25) is 4.90 Å². The Morgan fingerprint density at radius 3 is 2.28 bits per heavy atom. The molecule has 0 saturated carbocycles. The lowest BCUT2D eigenvalue weighted by Gasteiger charge is -2.28. The van der Waals surface area contributed by atoms with Crippen molar-refractivity contribution < 1.29 is 14.3 Å². The van der Waals surface area contributed by atoms with E-state index in [1.807, 2.05) is 4.90 Å². The number of nitrogens with one attached hydrogen (secondary N) is 1. The summed E-state index contributed by atoms with van der Waals surface area (Å²) in [6, 6.07) is 0.0419. The molecule has 0 aliphatic carbocycles. The molecular formula is C12H23N3O3. The molecule has 6 nitrogen and oxygen atoms in total. The maximum absolute atomic E-state index is 11.8. The van der Waals surface area contributed by atoms with E-state index in [4.69, 9.17) is 9.47 Å². The molecule has 0 spiro atoms. The van der Waals surface area contributed by atoms with E-state index in [-0.39, 0.29) is 6.03 Å². The average molecular weight is 257 g/mol. The Balaban J connectivity index is 1.52. The molecule has 6 heteroatoms. The highest BCUT2D eigenvalue weighted by atomic mass is 16.5. The fourth-order valence-electron chi connectivity index (χ4n) is 2.20. The number of urea groups is 1. The fraction of sp³-hybridized carbons (Fsp3) is 0.917. The Labute approximate surface area is 108 Å². The van der Waals surface area contributed by atoms with E-state index in [9.17, 15) is 4.79 Å². The van der Waals surface area contributed by atoms with Crippen LogP contribution in [0.4, 0.5) is 4.79 Å². The topological polar surface area (TPSA) is 54.0 Å². The first kappa shape index (κ1) is 13.6. The molecule has 2 saturated heterocycles. The van der Waals surface area contributed by atoms with Crippen molar-refractivity contribution in [3.63, 3.8) is 0 Å². The third kappa shape index (κ3) is 4.44. The average Bonchev–Trinajstić information content (AvgIpc) is 2.45. The lowest BCUT2D eigenvalue weighted by Crippen LogP contribution is -2.46. The Kier molecular flexibility index (Phi) is 5.70. The highest BCUT2D eigenvalue weighted by molar-refractivity contribution is 5.74. The van der Waals surface area contributed by atoms with E-state index < -0.39 is 0 Å². The highest BCUT2D eigenvalue weighted by Crippen LogP contribution is 1.99. The van der Waals surface area contributed by atoms with E-state index in [2.05, 4.69) is 10.2 Å². The number of morpholine rings is 2. The van der Waals surface area contributed by atoms with Gasteiger partial charge in [0.05, 0.1) is 26.4 Å². The summed E-state index contributed by atoms with van der Waals surface area (Å²) in [4.78, 5) is 16.0. The van der Waals surface area contributed by atoms with Crippen molar-refractivity contribution in [1.29, 1.82) is 0 Å². The number of hydrogen-bond donors (Lipinski definition) is 1. The van der Waals surface area contributed by atoms with Crippen LogP contribution >= 0.6 is 0 Å². The molecule has 2 aliphatic heterocycles. The monoisotopic (exact) mass is 257 g/mol. The maximum Gasteiger partial charge on any atom is 0.317 e. The number of ether oxygens (including phenoxy) is 2. The van der Waals surface area contributed by atoms with Crippen molar-refractivity contribution in [2.24, 2.45) is 0 Å². The van der Waals surface area contributed by atoms with E-state index in [1.54, 1.807) is 0 Å². The molecule has 0 aromatic rings. The van der Waals surface area contributed by atoms with Crippen LogP contribution in [0.1, 0.15) is 6.42 Å². The van der Waals surface area contributed by atoms with Crippen LogP contribution in [0.15, 0.2) is 0 Å². The summed E-state index contributed by atoms with van der Waals surface area (Å²) in [5.74, 6) is 0. The van der Waals surface area contributed by atoms with Crippen molar-refractivity contribution in [3.8, 4) is 0 Å². The van der Waals surface area contributed by atoms with Gasteiger partial charge in [0.2, 0.25) is 0 Å². The first-order chi connectivity index (χ1) is 8.86. The van der Waals surface area contributed by atoms with Crippen LogP contribution in [0.2, 0.25) is 0 Å². The van der Waals surface area contributed by atoms with E-state index in [1.165, 1.54) is 0 Å². The standard InChI is InChI=1S/C12H23N3O3/c16-12(15-6-10-18-11-7-15)13-2-1-3-14-4-8-17-9-5-14/h1-11H2,(H,13,16). The van der Waals surface area contributed by atoms with Gasteiger partial charge in [0, 0.05) is 32.7 Å². The summed E-state index contributed by atoms with van der Waals surface area (Å²) in [5, 5.41) is 2.97. The number of carbonyl (C=O) groups excluding carboxylic acids is 1. The summed E-state index contributed by atoms with van der Waals surface area (Å²) in [6.45, 7) is 8.18. The molecule has 2 fully saturated rings. The quantitative estimate of drug-likeness (QED) is 0.706. The molecule has 104 valence electrons.